The summed E-state index contributed by atoms with van der Waals surface area (Å²) in [6.07, 6.45) is 2.99. The smallest absolute Gasteiger partial charge is 0.355 e. The number of hydrogen-bond acceptors (Lipinski definition) is 6. The number of ketones is 1. The molecule has 2 aromatic carbocycles. The molecule has 0 saturated heterocycles. The van der Waals surface area contributed by atoms with Crippen molar-refractivity contribution in [1.82, 2.24) is 4.98 Å². The number of fused-ring (bicyclic) bond motifs is 1. The van der Waals surface area contributed by atoms with Crippen molar-refractivity contribution >= 4 is 28.7 Å². The zero-order valence-electron chi connectivity index (χ0n) is 16.6. The maximum atomic E-state index is 12.8. The highest BCUT2D eigenvalue weighted by Gasteiger charge is 2.18. The molecule has 29 heavy (non-hydrogen) atoms. The first-order chi connectivity index (χ1) is 14.0. The number of rotatable bonds is 7. The molecule has 3 rings (SSSR count). The summed E-state index contributed by atoms with van der Waals surface area (Å²) in [7, 11) is 5.77. The lowest BCUT2D eigenvalue weighted by molar-refractivity contribution is 0.0594. The molecule has 7 heteroatoms. The summed E-state index contributed by atoms with van der Waals surface area (Å²) >= 11 is 0. The monoisotopic (exact) mass is 395 g/mol. The molecule has 0 bridgehead atoms. The maximum Gasteiger partial charge on any atom is 0.355 e. The van der Waals surface area contributed by atoms with Crippen LogP contribution in [0.15, 0.2) is 42.5 Å². The molecule has 0 unspecified atom stereocenters. The summed E-state index contributed by atoms with van der Waals surface area (Å²) in [6.45, 7) is 0. The molecule has 0 fully saturated rings. The van der Waals surface area contributed by atoms with E-state index in [1.54, 1.807) is 18.2 Å². The summed E-state index contributed by atoms with van der Waals surface area (Å²) in [6, 6.07) is 10.6. The molecule has 0 amide bonds. The summed E-state index contributed by atoms with van der Waals surface area (Å²) in [5, 5.41) is 0.807. The van der Waals surface area contributed by atoms with E-state index in [1.165, 1.54) is 34.5 Å². The molecule has 0 aliphatic rings. The number of aromatic nitrogens is 1. The van der Waals surface area contributed by atoms with E-state index in [0.29, 0.717) is 28.4 Å². The van der Waals surface area contributed by atoms with Crippen LogP contribution in [0.4, 0.5) is 0 Å². The number of benzene rings is 2. The average Bonchev–Trinajstić information content (AvgIpc) is 3.14. The molecule has 0 aliphatic carbocycles. The van der Waals surface area contributed by atoms with E-state index in [2.05, 4.69) is 4.98 Å². The summed E-state index contributed by atoms with van der Waals surface area (Å²) < 4.78 is 20.7. The van der Waals surface area contributed by atoms with Crippen LogP contribution in [0.2, 0.25) is 0 Å². The highest BCUT2D eigenvalue weighted by Crippen LogP contribution is 2.38. The van der Waals surface area contributed by atoms with Crippen LogP contribution < -0.4 is 14.2 Å². The molecule has 0 spiro atoms. The van der Waals surface area contributed by atoms with E-state index < -0.39 is 5.97 Å². The molecule has 0 aliphatic heterocycles. The van der Waals surface area contributed by atoms with Gasteiger partial charge in [0.25, 0.3) is 0 Å². The minimum atomic E-state index is -0.513. The molecule has 0 radical (unpaired) electrons. The number of H-pyrrole nitrogens is 1. The highest BCUT2D eigenvalue weighted by molar-refractivity contribution is 6.10. The fourth-order valence-electron chi connectivity index (χ4n) is 3.08. The van der Waals surface area contributed by atoms with Gasteiger partial charge < -0.3 is 23.9 Å². The predicted molar refractivity (Wildman–Crippen MR) is 109 cm³/mol. The number of carbonyl (C=O) groups excluding carboxylic acids is 2. The fourth-order valence-corrected chi connectivity index (χ4v) is 3.08. The van der Waals surface area contributed by atoms with Crippen molar-refractivity contribution < 1.29 is 28.5 Å². The first kappa shape index (κ1) is 20.0. The number of ether oxygens (including phenoxy) is 4. The van der Waals surface area contributed by atoms with Crippen LogP contribution in [0.25, 0.3) is 17.0 Å². The Labute approximate surface area is 167 Å². The van der Waals surface area contributed by atoms with Gasteiger partial charge in [-0.2, -0.15) is 0 Å². The molecule has 1 aromatic heterocycles. The largest absolute Gasteiger partial charge is 0.493 e. The van der Waals surface area contributed by atoms with Crippen LogP contribution in [-0.2, 0) is 4.74 Å². The van der Waals surface area contributed by atoms with Crippen molar-refractivity contribution in [2.45, 2.75) is 0 Å². The van der Waals surface area contributed by atoms with E-state index in [9.17, 15) is 9.59 Å². The topological polar surface area (TPSA) is 86.9 Å². The molecule has 7 nitrogen and oxygen atoms in total. The highest BCUT2D eigenvalue weighted by atomic mass is 16.5. The van der Waals surface area contributed by atoms with Crippen molar-refractivity contribution in [2.24, 2.45) is 0 Å². The zero-order chi connectivity index (χ0) is 21.0. The van der Waals surface area contributed by atoms with Gasteiger partial charge >= 0.3 is 5.97 Å². The molecule has 150 valence electrons. The molecule has 0 atom stereocenters. The molecule has 1 N–H and O–H groups in total. The SMILES string of the molecule is COC(=O)c1[nH]c2ccccc2c1/C=C/C(=O)c1cc(OC)c(OC)c(OC)c1. The summed E-state index contributed by atoms with van der Waals surface area (Å²) in [5.74, 6) is 0.364. The number of esters is 1. The molecular formula is C22H21NO6. The van der Waals surface area contributed by atoms with Gasteiger partial charge in [-0.15, -0.1) is 0 Å². The molecular weight excluding hydrogens is 374 g/mol. The van der Waals surface area contributed by atoms with Crippen LogP contribution in [-0.4, -0.2) is 45.2 Å². The van der Waals surface area contributed by atoms with Gasteiger partial charge in [-0.05, 0) is 30.4 Å². The molecule has 1 heterocycles. The summed E-state index contributed by atoms with van der Waals surface area (Å²) in [5.41, 5.74) is 1.99. The van der Waals surface area contributed by atoms with Gasteiger partial charge in [-0.25, -0.2) is 4.79 Å². The third-order valence-corrected chi connectivity index (χ3v) is 4.49. The van der Waals surface area contributed by atoms with Gasteiger partial charge in [0.2, 0.25) is 5.75 Å². The van der Waals surface area contributed by atoms with Gasteiger partial charge in [0.15, 0.2) is 17.3 Å². The Morgan fingerprint density at radius 2 is 1.59 bits per heavy atom. The van der Waals surface area contributed by atoms with Crippen LogP contribution in [0, 0.1) is 0 Å². The number of carbonyl (C=O) groups is 2. The minimum Gasteiger partial charge on any atom is -0.493 e. The van der Waals surface area contributed by atoms with Crippen molar-refractivity contribution in [2.75, 3.05) is 28.4 Å². The third kappa shape index (κ3) is 3.80. The quantitative estimate of drug-likeness (QED) is 0.371. The second-order valence-corrected chi connectivity index (χ2v) is 6.06. The minimum absolute atomic E-state index is 0.280. The van der Waals surface area contributed by atoms with Crippen molar-refractivity contribution in [1.29, 1.82) is 0 Å². The Morgan fingerprint density at radius 3 is 2.17 bits per heavy atom. The van der Waals surface area contributed by atoms with Crippen molar-refractivity contribution in [3.8, 4) is 17.2 Å². The van der Waals surface area contributed by atoms with Crippen LogP contribution >= 0.6 is 0 Å². The second kappa shape index (κ2) is 8.52. The Balaban J connectivity index is 2.03. The van der Waals surface area contributed by atoms with E-state index in [-0.39, 0.29) is 11.5 Å². The predicted octanol–water partition coefficient (Wildman–Crippen LogP) is 3.88. The number of nitrogens with one attached hydrogen (secondary N) is 1. The van der Waals surface area contributed by atoms with Crippen LogP contribution in [0.1, 0.15) is 26.4 Å². The first-order valence-electron chi connectivity index (χ1n) is 8.75. The van der Waals surface area contributed by atoms with Gasteiger partial charge in [0.1, 0.15) is 5.69 Å². The normalized spacial score (nSPS) is 10.9. The Bertz CT molecular complexity index is 1070. The number of allylic oxidation sites excluding steroid dienone is 1. The van der Waals surface area contributed by atoms with Gasteiger partial charge in [-0.1, -0.05) is 18.2 Å². The molecule has 3 aromatic rings. The van der Waals surface area contributed by atoms with Crippen molar-refractivity contribution in [3.05, 3.63) is 59.3 Å². The standard InChI is InChI=1S/C22H21NO6/c1-26-18-11-13(12-19(27-2)21(18)28-3)17(24)10-9-15-14-7-5-6-8-16(14)23-20(15)22(25)29-4/h5-12,23H,1-4H3/b10-9+. The van der Waals surface area contributed by atoms with E-state index in [0.717, 1.165) is 10.9 Å². The fraction of sp³-hybridized carbons (Fsp3) is 0.182. The van der Waals surface area contributed by atoms with Gasteiger partial charge in [0.05, 0.1) is 28.4 Å². The summed E-state index contributed by atoms with van der Waals surface area (Å²) in [4.78, 5) is 28.0. The van der Waals surface area contributed by atoms with Gasteiger partial charge in [0, 0.05) is 22.0 Å². The first-order valence-corrected chi connectivity index (χ1v) is 8.75. The molecule has 0 saturated carbocycles. The van der Waals surface area contributed by atoms with E-state index >= 15 is 0 Å². The average molecular weight is 395 g/mol. The van der Waals surface area contributed by atoms with E-state index in [4.69, 9.17) is 18.9 Å². The Morgan fingerprint density at radius 1 is 0.931 bits per heavy atom. The van der Waals surface area contributed by atoms with Crippen molar-refractivity contribution in [3.63, 3.8) is 0 Å². The van der Waals surface area contributed by atoms with E-state index in [1.807, 2.05) is 24.3 Å². The second-order valence-electron chi connectivity index (χ2n) is 6.06. The lowest BCUT2D eigenvalue weighted by atomic mass is 10.1. The zero-order valence-corrected chi connectivity index (χ0v) is 16.6. The number of para-hydroxylation sites is 1. The van der Waals surface area contributed by atoms with Gasteiger partial charge in [-0.3, -0.25) is 4.79 Å². The maximum absolute atomic E-state index is 12.8. The van der Waals surface area contributed by atoms with Crippen LogP contribution in [0.5, 0.6) is 17.2 Å². The number of aromatic amines is 1. The third-order valence-electron chi connectivity index (χ3n) is 4.49. The number of hydrogen-bond donors (Lipinski definition) is 1. The Hall–Kier alpha value is -3.74. The number of methoxy groups -OCH3 is 4. The Kier molecular flexibility index (Phi) is 5.87. The lowest BCUT2D eigenvalue weighted by Gasteiger charge is -2.13. The lowest BCUT2D eigenvalue weighted by Crippen LogP contribution is -2.03. The van der Waals surface area contributed by atoms with Crippen LogP contribution in [0.3, 0.4) is 0 Å².